The Hall–Kier alpha value is -3.30. The van der Waals surface area contributed by atoms with Gasteiger partial charge in [0.15, 0.2) is 11.6 Å². The summed E-state index contributed by atoms with van der Waals surface area (Å²) < 4.78 is 17.6. The van der Waals surface area contributed by atoms with E-state index in [4.69, 9.17) is 13.9 Å². The molecule has 0 amide bonds. The number of morpholine rings is 2. The molecule has 4 heterocycles. The second kappa shape index (κ2) is 11.2. The third kappa shape index (κ3) is 5.59. The Bertz CT molecular complexity index is 1430. The zero-order chi connectivity index (χ0) is 25.9. The van der Waals surface area contributed by atoms with Crippen molar-refractivity contribution in [2.24, 2.45) is 0 Å². The van der Waals surface area contributed by atoms with E-state index in [0.717, 1.165) is 67.0 Å². The molecule has 8 heteroatoms. The highest BCUT2D eigenvalue weighted by molar-refractivity contribution is 6.00. The van der Waals surface area contributed by atoms with Gasteiger partial charge >= 0.3 is 0 Å². The molecule has 0 saturated carbocycles. The van der Waals surface area contributed by atoms with Crippen molar-refractivity contribution in [2.75, 3.05) is 59.1 Å². The summed E-state index contributed by atoms with van der Waals surface area (Å²) in [4.78, 5) is 33.3. The first-order chi connectivity index (χ1) is 18.6. The second-order valence-corrected chi connectivity index (χ2v) is 10.1. The minimum absolute atomic E-state index is 0.122. The predicted octanol–water partition coefficient (Wildman–Crippen LogP) is 4.47. The molecule has 0 radical (unpaired) electrons. The number of hydrogen-bond acceptors (Lipinski definition) is 7. The molecule has 2 aromatic heterocycles. The number of rotatable bonds is 9. The number of carbonyl (C=O) groups is 2. The van der Waals surface area contributed by atoms with Gasteiger partial charge in [0, 0.05) is 80.3 Å². The van der Waals surface area contributed by atoms with Gasteiger partial charge in [-0.05, 0) is 29.7 Å². The fraction of sp³-hybridized carbons (Fsp3) is 0.400. The summed E-state index contributed by atoms with van der Waals surface area (Å²) in [5.41, 5.74) is 3.09. The van der Waals surface area contributed by atoms with Crippen LogP contribution in [0.4, 0.5) is 0 Å². The number of H-pyrrole nitrogens is 1. The normalized spacial score (nSPS) is 19.3. The second-order valence-electron chi connectivity index (χ2n) is 10.1. The van der Waals surface area contributed by atoms with Crippen LogP contribution in [0.15, 0.2) is 59.1 Å². The third-order valence-electron chi connectivity index (χ3n) is 7.62. The van der Waals surface area contributed by atoms with Gasteiger partial charge in [0.05, 0.1) is 19.8 Å². The van der Waals surface area contributed by atoms with Crippen molar-refractivity contribution in [3.05, 3.63) is 71.6 Å². The van der Waals surface area contributed by atoms with Crippen molar-refractivity contribution in [1.82, 2.24) is 14.8 Å². The summed E-state index contributed by atoms with van der Waals surface area (Å²) in [7, 11) is 0. The molecule has 2 aliphatic heterocycles. The highest BCUT2D eigenvalue weighted by Crippen LogP contribution is 2.29. The summed E-state index contributed by atoms with van der Waals surface area (Å²) in [6, 6.07) is 15.5. The van der Waals surface area contributed by atoms with E-state index in [9.17, 15) is 9.59 Å². The molecule has 4 aromatic rings. The Kier molecular flexibility index (Phi) is 7.38. The van der Waals surface area contributed by atoms with Crippen LogP contribution in [0.2, 0.25) is 0 Å². The molecule has 6 rings (SSSR count). The van der Waals surface area contributed by atoms with Gasteiger partial charge in [-0.1, -0.05) is 24.3 Å². The molecular weight excluding hydrogens is 482 g/mol. The van der Waals surface area contributed by atoms with Crippen LogP contribution < -0.4 is 0 Å². The molecule has 0 spiro atoms. The van der Waals surface area contributed by atoms with Crippen molar-refractivity contribution in [1.29, 1.82) is 0 Å². The van der Waals surface area contributed by atoms with E-state index >= 15 is 0 Å². The monoisotopic (exact) mass is 515 g/mol. The molecule has 2 saturated heterocycles. The predicted molar refractivity (Wildman–Crippen MR) is 145 cm³/mol. The SMILES string of the molecule is O=C(CCN1CCOCC1)c1ccc2cc(C3CN(CCC(=O)c4ccc5cc[nH]c5c4)CCO3)oc2c1. The zero-order valence-electron chi connectivity index (χ0n) is 21.5. The van der Waals surface area contributed by atoms with E-state index in [1.165, 1.54) is 0 Å². The third-order valence-corrected chi connectivity index (χ3v) is 7.62. The van der Waals surface area contributed by atoms with Gasteiger partial charge in [-0.25, -0.2) is 0 Å². The standard InChI is InChI=1S/C30H33N3O5/c34-26(22-2-1-21-5-8-31-25(21)17-22)7-10-33-13-16-37-30(20-33)29-19-24-4-3-23(18-28(24)38-29)27(35)6-9-32-11-14-36-15-12-32/h1-5,8,17-19,30-31H,6-7,9-16,20H2. The lowest BCUT2D eigenvalue weighted by Crippen LogP contribution is -2.39. The van der Waals surface area contributed by atoms with Crippen LogP contribution in [-0.4, -0.2) is 85.4 Å². The number of ketones is 2. The number of nitrogens with one attached hydrogen (secondary N) is 1. The van der Waals surface area contributed by atoms with Crippen molar-refractivity contribution in [2.45, 2.75) is 18.9 Å². The largest absolute Gasteiger partial charge is 0.458 e. The van der Waals surface area contributed by atoms with Gasteiger partial charge < -0.3 is 18.9 Å². The highest BCUT2D eigenvalue weighted by Gasteiger charge is 2.26. The van der Waals surface area contributed by atoms with Crippen LogP contribution >= 0.6 is 0 Å². The molecule has 1 unspecified atom stereocenters. The number of furan rings is 1. The lowest BCUT2D eigenvalue weighted by atomic mass is 10.1. The van der Waals surface area contributed by atoms with Crippen molar-refractivity contribution in [3.8, 4) is 0 Å². The average Bonchev–Trinajstić information content (AvgIpc) is 3.61. The van der Waals surface area contributed by atoms with E-state index in [0.29, 0.717) is 43.7 Å². The maximum Gasteiger partial charge on any atom is 0.164 e. The molecule has 1 atom stereocenters. The molecule has 0 bridgehead atoms. The number of ether oxygens (including phenoxy) is 2. The molecule has 2 aromatic carbocycles. The van der Waals surface area contributed by atoms with Gasteiger partial charge in [0.2, 0.25) is 0 Å². The van der Waals surface area contributed by atoms with Crippen LogP contribution in [0.1, 0.15) is 45.4 Å². The first-order valence-corrected chi connectivity index (χ1v) is 13.4. The molecule has 0 aliphatic carbocycles. The van der Waals surface area contributed by atoms with Crippen LogP contribution in [0.25, 0.3) is 21.9 Å². The first kappa shape index (κ1) is 25.0. The first-order valence-electron chi connectivity index (χ1n) is 13.4. The summed E-state index contributed by atoms with van der Waals surface area (Å²) in [6.07, 6.45) is 2.62. The molecule has 38 heavy (non-hydrogen) atoms. The number of Topliss-reactive ketones (excluding diaryl/α,β-unsaturated/α-hetero) is 2. The highest BCUT2D eigenvalue weighted by atomic mass is 16.5. The Balaban J connectivity index is 1.06. The summed E-state index contributed by atoms with van der Waals surface area (Å²) in [5.74, 6) is 1.02. The minimum atomic E-state index is -0.206. The summed E-state index contributed by atoms with van der Waals surface area (Å²) in [5, 5.41) is 2.06. The minimum Gasteiger partial charge on any atom is -0.458 e. The molecule has 8 nitrogen and oxygen atoms in total. The fourth-order valence-electron chi connectivity index (χ4n) is 5.32. The van der Waals surface area contributed by atoms with Gasteiger partial charge in [0.1, 0.15) is 17.4 Å². The van der Waals surface area contributed by atoms with Crippen LogP contribution in [0, 0.1) is 0 Å². The number of aromatic nitrogens is 1. The van der Waals surface area contributed by atoms with Gasteiger partial charge in [-0.3, -0.25) is 19.4 Å². The molecule has 2 fully saturated rings. The van der Waals surface area contributed by atoms with Crippen LogP contribution in [0.5, 0.6) is 0 Å². The van der Waals surface area contributed by atoms with E-state index in [2.05, 4.69) is 14.8 Å². The maximum absolute atomic E-state index is 12.8. The topological polar surface area (TPSA) is 88.0 Å². The van der Waals surface area contributed by atoms with E-state index in [-0.39, 0.29) is 17.7 Å². The van der Waals surface area contributed by atoms with Gasteiger partial charge in [0.25, 0.3) is 0 Å². The van der Waals surface area contributed by atoms with Gasteiger partial charge in [-0.15, -0.1) is 0 Å². The zero-order valence-corrected chi connectivity index (χ0v) is 21.5. The Morgan fingerprint density at radius 3 is 2.34 bits per heavy atom. The molecule has 2 aliphatic rings. The maximum atomic E-state index is 12.8. The number of hydrogen-bond donors (Lipinski definition) is 1. The van der Waals surface area contributed by atoms with Crippen molar-refractivity contribution >= 4 is 33.4 Å². The lowest BCUT2D eigenvalue weighted by Gasteiger charge is -2.31. The number of carbonyl (C=O) groups excluding carboxylic acids is 2. The Labute approximate surface area is 221 Å². The number of benzene rings is 2. The Morgan fingerprint density at radius 1 is 0.816 bits per heavy atom. The number of nitrogens with zero attached hydrogens (tertiary/aromatic N) is 2. The molecule has 1 N–H and O–H groups in total. The Morgan fingerprint density at radius 2 is 1.53 bits per heavy atom. The fourth-order valence-corrected chi connectivity index (χ4v) is 5.32. The molecule has 198 valence electrons. The van der Waals surface area contributed by atoms with E-state index in [1.807, 2.05) is 54.7 Å². The summed E-state index contributed by atoms with van der Waals surface area (Å²) in [6.45, 7) is 6.66. The van der Waals surface area contributed by atoms with Crippen LogP contribution in [0.3, 0.4) is 0 Å². The quantitative estimate of drug-likeness (QED) is 0.329. The number of aromatic amines is 1. The average molecular weight is 516 g/mol. The smallest absolute Gasteiger partial charge is 0.164 e. The van der Waals surface area contributed by atoms with Crippen LogP contribution in [-0.2, 0) is 9.47 Å². The van der Waals surface area contributed by atoms with E-state index in [1.54, 1.807) is 0 Å². The summed E-state index contributed by atoms with van der Waals surface area (Å²) >= 11 is 0. The lowest BCUT2D eigenvalue weighted by molar-refractivity contribution is -0.0390. The van der Waals surface area contributed by atoms with Gasteiger partial charge in [-0.2, -0.15) is 0 Å². The van der Waals surface area contributed by atoms with Crippen molar-refractivity contribution in [3.63, 3.8) is 0 Å². The number of fused-ring (bicyclic) bond motifs is 2. The van der Waals surface area contributed by atoms with E-state index < -0.39 is 0 Å². The van der Waals surface area contributed by atoms with Crippen molar-refractivity contribution < 1.29 is 23.5 Å². The molecular formula is C30H33N3O5.